The Hall–Kier alpha value is -1.87. The molecule has 0 amide bonds. The van der Waals surface area contributed by atoms with Gasteiger partial charge in [0.25, 0.3) is 0 Å². The topological polar surface area (TPSA) is 48.1 Å². The summed E-state index contributed by atoms with van der Waals surface area (Å²) in [6, 6.07) is 11.9. The van der Waals surface area contributed by atoms with Crippen LogP contribution < -0.4 is 10.5 Å². The Kier molecular flexibility index (Phi) is 3.73. The first-order valence-corrected chi connectivity index (χ1v) is 5.63. The van der Waals surface area contributed by atoms with Crippen LogP contribution in [0, 0.1) is 0 Å². The van der Waals surface area contributed by atoms with Gasteiger partial charge >= 0.3 is 0 Å². The van der Waals surface area contributed by atoms with Gasteiger partial charge in [-0.05, 0) is 42.8 Å². The molecule has 2 N–H and O–H groups in total. The van der Waals surface area contributed by atoms with Gasteiger partial charge in [0, 0.05) is 11.8 Å². The van der Waals surface area contributed by atoms with Crippen LogP contribution in [0.5, 0.6) is 5.75 Å². The molecule has 3 heteroatoms. The van der Waals surface area contributed by atoms with E-state index in [0.29, 0.717) is 6.54 Å². The van der Waals surface area contributed by atoms with Gasteiger partial charge in [-0.1, -0.05) is 12.1 Å². The molecule has 2 rings (SSSR count). The first kappa shape index (κ1) is 11.6. The highest BCUT2D eigenvalue weighted by atomic mass is 16.5. The van der Waals surface area contributed by atoms with Crippen molar-refractivity contribution in [3.63, 3.8) is 0 Å². The van der Waals surface area contributed by atoms with Gasteiger partial charge < -0.3 is 10.5 Å². The summed E-state index contributed by atoms with van der Waals surface area (Å²) in [6.07, 6.45) is 2.68. The average molecular weight is 228 g/mol. The molecule has 0 saturated carbocycles. The van der Waals surface area contributed by atoms with Crippen molar-refractivity contribution in [2.75, 3.05) is 13.7 Å². The van der Waals surface area contributed by atoms with Gasteiger partial charge in [0.05, 0.1) is 12.8 Å². The summed E-state index contributed by atoms with van der Waals surface area (Å²) in [5.74, 6) is 0.838. The van der Waals surface area contributed by atoms with Crippen molar-refractivity contribution in [3.8, 4) is 17.0 Å². The fourth-order valence-electron chi connectivity index (χ4n) is 1.80. The zero-order chi connectivity index (χ0) is 12.1. The Morgan fingerprint density at radius 1 is 1.24 bits per heavy atom. The third-order valence-corrected chi connectivity index (χ3v) is 2.64. The molecule has 0 unspecified atom stereocenters. The number of methoxy groups -OCH3 is 1. The van der Waals surface area contributed by atoms with E-state index < -0.39 is 0 Å². The molecule has 0 fully saturated rings. The first-order valence-electron chi connectivity index (χ1n) is 5.63. The molecular weight excluding hydrogens is 212 g/mol. The van der Waals surface area contributed by atoms with Crippen LogP contribution in [-0.2, 0) is 6.42 Å². The summed E-state index contributed by atoms with van der Waals surface area (Å²) in [4.78, 5) is 4.38. The van der Waals surface area contributed by atoms with E-state index in [0.717, 1.165) is 23.4 Å². The Labute approximate surface area is 101 Å². The molecular formula is C14H16N2O. The normalized spacial score (nSPS) is 10.2. The lowest BCUT2D eigenvalue weighted by Gasteiger charge is -2.08. The molecule has 0 aliphatic carbocycles. The van der Waals surface area contributed by atoms with E-state index >= 15 is 0 Å². The van der Waals surface area contributed by atoms with Gasteiger partial charge in [0.1, 0.15) is 5.75 Å². The summed E-state index contributed by atoms with van der Waals surface area (Å²) in [6.45, 7) is 0.648. The van der Waals surface area contributed by atoms with E-state index in [1.165, 1.54) is 5.56 Å². The number of pyridine rings is 1. The van der Waals surface area contributed by atoms with Crippen molar-refractivity contribution in [3.05, 3.63) is 48.2 Å². The summed E-state index contributed by atoms with van der Waals surface area (Å²) >= 11 is 0. The van der Waals surface area contributed by atoms with Crippen LogP contribution in [0.1, 0.15) is 5.56 Å². The fourth-order valence-corrected chi connectivity index (χ4v) is 1.80. The van der Waals surface area contributed by atoms with Crippen LogP contribution in [0.15, 0.2) is 42.6 Å². The smallest absolute Gasteiger partial charge is 0.128 e. The van der Waals surface area contributed by atoms with E-state index in [2.05, 4.69) is 11.1 Å². The van der Waals surface area contributed by atoms with E-state index in [1.54, 1.807) is 7.11 Å². The molecule has 0 spiro atoms. The van der Waals surface area contributed by atoms with E-state index in [4.69, 9.17) is 10.5 Å². The molecule has 0 radical (unpaired) electrons. The highest BCUT2D eigenvalue weighted by molar-refractivity contribution is 5.67. The number of nitrogens with zero attached hydrogens (tertiary/aromatic N) is 1. The predicted octanol–water partition coefficient (Wildman–Crippen LogP) is 2.26. The molecule has 2 aromatic rings. The van der Waals surface area contributed by atoms with E-state index in [9.17, 15) is 0 Å². The van der Waals surface area contributed by atoms with Gasteiger partial charge in [-0.15, -0.1) is 0 Å². The molecule has 0 atom stereocenters. The maximum atomic E-state index is 5.56. The number of aromatic nitrogens is 1. The third kappa shape index (κ3) is 2.63. The lowest BCUT2D eigenvalue weighted by molar-refractivity contribution is 0.416. The second-order valence-electron chi connectivity index (χ2n) is 3.79. The first-order chi connectivity index (χ1) is 8.35. The number of ether oxygens (including phenoxy) is 1. The van der Waals surface area contributed by atoms with E-state index in [-0.39, 0.29) is 0 Å². The van der Waals surface area contributed by atoms with Crippen molar-refractivity contribution < 1.29 is 4.74 Å². The Balaban J connectivity index is 2.41. The Morgan fingerprint density at radius 2 is 2.06 bits per heavy atom. The van der Waals surface area contributed by atoms with Crippen molar-refractivity contribution in [2.24, 2.45) is 5.73 Å². The van der Waals surface area contributed by atoms with Gasteiger partial charge in [0.15, 0.2) is 0 Å². The molecule has 1 aromatic heterocycles. The van der Waals surface area contributed by atoms with Crippen molar-refractivity contribution in [1.82, 2.24) is 4.98 Å². The second-order valence-corrected chi connectivity index (χ2v) is 3.79. The largest absolute Gasteiger partial charge is 0.496 e. The van der Waals surface area contributed by atoms with E-state index in [1.807, 2.05) is 36.5 Å². The van der Waals surface area contributed by atoms with Gasteiger partial charge in [-0.2, -0.15) is 0 Å². The number of para-hydroxylation sites is 1. The Bertz CT molecular complexity index is 497. The molecule has 17 heavy (non-hydrogen) atoms. The van der Waals surface area contributed by atoms with Crippen LogP contribution in [0.2, 0.25) is 0 Å². The number of benzene rings is 1. The SMILES string of the molecule is COc1ccccc1-c1cc(CCN)ccn1. The van der Waals surface area contributed by atoms with Crippen LogP contribution in [-0.4, -0.2) is 18.6 Å². The van der Waals surface area contributed by atoms with Crippen molar-refractivity contribution in [2.45, 2.75) is 6.42 Å². The molecule has 1 aromatic carbocycles. The standard InChI is InChI=1S/C14H16N2O/c1-17-14-5-3-2-4-12(14)13-10-11(6-8-15)7-9-16-13/h2-5,7,9-10H,6,8,15H2,1H3. The molecule has 1 heterocycles. The second kappa shape index (κ2) is 5.46. The molecule has 3 nitrogen and oxygen atoms in total. The Morgan fingerprint density at radius 3 is 2.82 bits per heavy atom. The minimum atomic E-state index is 0.648. The zero-order valence-corrected chi connectivity index (χ0v) is 9.89. The number of nitrogens with two attached hydrogens (primary N) is 1. The van der Waals surface area contributed by atoms with Gasteiger partial charge in [-0.3, -0.25) is 4.98 Å². The van der Waals surface area contributed by atoms with Crippen molar-refractivity contribution >= 4 is 0 Å². The lowest BCUT2D eigenvalue weighted by atomic mass is 10.1. The molecule has 0 aliphatic heterocycles. The fraction of sp³-hybridized carbons (Fsp3) is 0.214. The van der Waals surface area contributed by atoms with Crippen LogP contribution >= 0.6 is 0 Å². The minimum Gasteiger partial charge on any atom is -0.496 e. The minimum absolute atomic E-state index is 0.648. The van der Waals surface area contributed by atoms with Crippen LogP contribution in [0.4, 0.5) is 0 Å². The summed E-state index contributed by atoms with van der Waals surface area (Å²) in [5.41, 5.74) is 8.69. The lowest BCUT2D eigenvalue weighted by Crippen LogP contribution is -2.03. The molecule has 0 aliphatic rings. The molecule has 0 bridgehead atoms. The number of hydrogen-bond acceptors (Lipinski definition) is 3. The van der Waals surface area contributed by atoms with Crippen LogP contribution in [0.25, 0.3) is 11.3 Å². The van der Waals surface area contributed by atoms with Gasteiger partial charge in [-0.25, -0.2) is 0 Å². The van der Waals surface area contributed by atoms with Gasteiger partial charge in [0.2, 0.25) is 0 Å². The predicted molar refractivity (Wildman–Crippen MR) is 69.0 cm³/mol. The maximum Gasteiger partial charge on any atom is 0.128 e. The zero-order valence-electron chi connectivity index (χ0n) is 9.89. The highest BCUT2D eigenvalue weighted by Crippen LogP contribution is 2.28. The monoisotopic (exact) mass is 228 g/mol. The number of rotatable bonds is 4. The van der Waals surface area contributed by atoms with Crippen molar-refractivity contribution in [1.29, 1.82) is 0 Å². The summed E-state index contributed by atoms with van der Waals surface area (Å²) < 4.78 is 5.33. The number of hydrogen-bond donors (Lipinski definition) is 1. The average Bonchev–Trinajstić information content (AvgIpc) is 2.39. The molecule has 0 saturated heterocycles. The highest BCUT2D eigenvalue weighted by Gasteiger charge is 2.06. The quantitative estimate of drug-likeness (QED) is 0.873. The summed E-state index contributed by atoms with van der Waals surface area (Å²) in [7, 11) is 1.67. The van der Waals surface area contributed by atoms with Crippen LogP contribution in [0.3, 0.4) is 0 Å². The summed E-state index contributed by atoms with van der Waals surface area (Å²) in [5, 5.41) is 0. The third-order valence-electron chi connectivity index (χ3n) is 2.64. The molecule has 88 valence electrons. The maximum absolute atomic E-state index is 5.56.